The van der Waals surface area contributed by atoms with Crippen LogP contribution in [0.4, 0.5) is 0 Å². The maximum Gasteiger partial charge on any atom is 0.337 e. The molecule has 0 bridgehead atoms. The predicted molar refractivity (Wildman–Crippen MR) is 105 cm³/mol. The summed E-state index contributed by atoms with van der Waals surface area (Å²) < 4.78 is 27.0. The summed E-state index contributed by atoms with van der Waals surface area (Å²) in [5.41, 5.74) is 3.64. The zero-order valence-electron chi connectivity index (χ0n) is 17.4. The summed E-state index contributed by atoms with van der Waals surface area (Å²) in [7, 11) is 3.17. The van der Waals surface area contributed by atoms with Crippen molar-refractivity contribution in [1.82, 2.24) is 0 Å². The highest BCUT2D eigenvalue weighted by Crippen LogP contribution is 2.44. The van der Waals surface area contributed by atoms with Crippen LogP contribution in [0.1, 0.15) is 44.2 Å². The monoisotopic (exact) mass is 402 g/mol. The number of benzene rings is 1. The van der Waals surface area contributed by atoms with E-state index in [0.29, 0.717) is 28.2 Å². The van der Waals surface area contributed by atoms with Crippen LogP contribution in [-0.4, -0.2) is 39.1 Å². The molecule has 0 amide bonds. The Balaban J connectivity index is 1.94. The highest BCUT2D eigenvalue weighted by Gasteiger charge is 2.34. The molecule has 1 aromatic carbocycles. The van der Waals surface area contributed by atoms with Gasteiger partial charge >= 0.3 is 11.9 Å². The van der Waals surface area contributed by atoms with E-state index in [1.165, 1.54) is 6.26 Å². The third-order valence-corrected chi connectivity index (χ3v) is 5.39. The zero-order valence-corrected chi connectivity index (χ0v) is 17.4. The SMILES string of the molecule is CCOC(=O)/C(=C/OC1OC(=O)C(C)=C1C)C1CCc2cc(OC)c(OC)cc21. The number of esters is 2. The van der Waals surface area contributed by atoms with E-state index < -0.39 is 18.2 Å². The van der Waals surface area contributed by atoms with Crippen molar-refractivity contribution in [3.8, 4) is 11.5 Å². The highest BCUT2D eigenvalue weighted by atomic mass is 16.7. The molecule has 1 aliphatic carbocycles. The van der Waals surface area contributed by atoms with Crippen LogP contribution < -0.4 is 9.47 Å². The van der Waals surface area contributed by atoms with Crippen molar-refractivity contribution in [3.63, 3.8) is 0 Å². The summed E-state index contributed by atoms with van der Waals surface area (Å²) in [6.45, 7) is 5.45. The zero-order chi connectivity index (χ0) is 21.1. The molecule has 2 atom stereocenters. The molecule has 1 aliphatic heterocycles. The van der Waals surface area contributed by atoms with Gasteiger partial charge in [-0.15, -0.1) is 0 Å². The lowest BCUT2D eigenvalue weighted by atomic mass is 9.93. The van der Waals surface area contributed by atoms with Crippen LogP contribution in [-0.2, 0) is 30.2 Å². The van der Waals surface area contributed by atoms with Crippen LogP contribution >= 0.6 is 0 Å². The predicted octanol–water partition coefficient (Wildman–Crippen LogP) is 3.42. The molecule has 29 heavy (non-hydrogen) atoms. The maximum atomic E-state index is 12.7. The second-order valence-electron chi connectivity index (χ2n) is 6.97. The van der Waals surface area contributed by atoms with Gasteiger partial charge in [0.25, 0.3) is 6.29 Å². The van der Waals surface area contributed by atoms with Crippen molar-refractivity contribution in [2.75, 3.05) is 20.8 Å². The molecule has 1 heterocycles. The van der Waals surface area contributed by atoms with E-state index in [1.54, 1.807) is 35.0 Å². The first kappa shape index (κ1) is 20.8. The lowest BCUT2D eigenvalue weighted by molar-refractivity contribution is -0.153. The Morgan fingerprint density at radius 1 is 1.21 bits per heavy atom. The molecular formula is C22H26O7. The van der Waals surface area contributed by atoms with Crippen LogP contribution in [0.5, 0.6) is 11.5 Å². The standard InChI is InChI=1S/C22H26O7/c1-6-27-21(24)17(11-28-22-13(3)12(2)20(23)29-22)15-8-7-14-9-18(25-4)19(26-5)10-16(14)15/h9-11,15,22H,6-8H2,1-5H3/b17-11+. The minimum Gasteiger partial charge on any atom is -0.493 e. The minimum absolute atomic E-state index is 0.216. The Morgan fingerprint density at radius 3 is 2.48 bits per heavy atom. The van der Waals surface area contributed by atoms with Crippen molar-refractivity contribution in [3.05, 3.63) is 46.2 Å². The molecule has 3 rings (SSSR count). The van der Waals surface area contributed by atoms with E-state index in [1.807, 2.05) is 12.1 Å². The van der Waals surface area contributed by atoms with Crippen molar-refractivity contribution in [1.29, 1.82) is 0 Å². The molecule has 0 saturated heterocycles. The van der Waals surface area contributed by atoms with Crippen LogP contribution in [0.25, 0.3) is 0 Å². The fraction of sp³-hybridized carbons (Fsp3) is 0.455. The van der Waals surface area contributed by atoms with Gasteiger partial charge in [-0.25, -0.2) is 9.59 Å². The van der Waals surface area contributed by atoms with E-state index >= 15 is 0 Å². The average molecular weight is 402 g/mol. The van der Waals surface area contributed by atoms with Gasteiger partial charge in [-0.05, 0) is 56.9 Å². The van der Waals surface area contributed by atoms with E-state index in [9.17, 15) is 9.59 Å². The highest BCUT2D eigenvalue weighted by molar-refractivity contribution is 5.91. The summed E-state index contributed by atoms with van der Waals surface area (Å²) in [6.07, 6.45) is 2.04. The number of carbonyl (C=O) groups excluding carboxylic acids is 2. The summed E-state index contributed by atoms with van der Waals surface area (Å²) in [5.74, 6) is 0.163. The van der Waals surface area contributed by atoms with Crippen LogP contribution in [0.3, 0.4) is 0 Å². The van der Waals surface area contributed by atoms with Crippen molar-refractivity contribution >= 4 is 11.9 Å². The summed E-state index contributed by atoms with van der Waals surface area (Å²) in [6, 6.07) is 3.83. The number of fused-ring (bicyclic) bond motifs is 1. The fourth-order valence-electron chi connectivity index (χ4n) is 3.62. The largest absolute Gasteiger partial charge is 0.493 e. The smallest absolute Gasteiger partial charge is 0.337 e. The van der Waals surface area contributed by atoms with Gasteiger partial charge in [0.1, 0.15) is 0 Å². The lowest BCUT2D eigenvalue weighted by Crippen LogP contribution is -2.17. The number of hydrogen-bond acceptors (Lipinski definition) is 7. The van der Waals surface area contributed by atoms with Gasteiger partial charge in [0.2, 0.25) is 0 Å². The third-order valence-electron chi connectivity index (χ3n) is 5.39. The average Bonchev–Trinajstić information content (AvgIpc) is 3.23. The van der Waals surface area contributed by atoms with Gasteiger partial charge in [-0.1, -0.05) is 0 Å². The van der Waals surface area contributed by atoms with Gasteiger partial charge in [0, 0.05) is 17.1 Å². The number of carbonyl (C=O) groups is 2. The summed E-state index contributed by atoms with van der Waals surface area (Å²) >= 11 is 0. The van der Waals surface area contributed by atoms with E-state index in [2.05, 4.69) is 0 Å². The molecule has 0 radical (unpaired) electrons. The first-order chi connectivity index (χ1) is 13.9. The number of aryl methyl sites for hydroxylation is 1. The second-order valence-corrected chi connectivity index (χ2v) is 6.97. The van der Waals surface area contributed by atoms with E-state index in [4.69, 9.17) is 23.7 Å². The Kier molecular flexibility index (Phi) is 6.15. The molecule has 0 saturated carbocycles. The van der Waals surface area contributed by atoms with Crippen molar-refractivity contribution in [2.45, 2.75) is 45.8 Å². The van der Waals surface area contributed by atoms with E-state index in [0.717, 1.165) is 24.0 Å². The molecular weight excluding hydrogens is 376 g/mol. The maximum absolute atomic E-state index is 12.7. The number of cyclic esters (lactones) is 1. The molecule has 0 aromatic heterocycles. The molecule has 2 unspecified atom stereocenters. The number of rotatable bonds is 7. The molecule has 0 spiro atoms. The Labute approximate surface area is 170 Å². The van der Waals surface area contributed by atoms with E-state index in [-0.39, 0.29) is 12.5 Å². The van der Waals surface area contributed by atoms with Gasteiger partial charge < -0.3 is 23.7 Å². The molecule has 0 N–H and O–H groups in total. The van der Waals surface area contributed by atoms with Crippen LogP contribution in [0, 0.1) is 0 Å². The Bertz CT molecular complexity index is 881. The van der Waals surface area contributed by atoms with Gasteiger partial charge in [-0.2, -0.15) is 0 Å². The Hall–Kier alpha value is -2.96. The minimum atomic E-state index is -0.835. The Morgan fingerprint density at radius 2 is 1.90 bits per heavy atom. The molecule has 7 heteroatoms. The summed E-state index contributed by atoms with van der Waals surface area (Å²) in [5, 5.41) is 0. The molecule has 1 aromatic rings. The van der Waals surface area contributed by atoms with Gasteiger partial charge in [0.15, 0.2) is 11.5 Å². The molecule has 0 fully saturated rings. The number of hydrogen-bond donors (Lipinski definition) is 0. The third kappa shape index (κ3) is 3.95. The van der Waals surface area contributed by atoms with Gasteiger partial charge in [-0.3, -0.25) is 0 Å². The quantitative estimate of drug-likeness (QED) is 0.393. The lowest BCUT2D eigenvalue weighted by Gasteiger charge is -2.18. The fourth-order valence-corrected chi connectivity index (χ4v) is 3.62. The number of methoxy groups -OCH3 is 2. The molecule has 7 nitrogen and oxygen atoms in total. The topological polar surface area (TPSA) is 80.3 Å². The van der Waals surface area contributed by atoms with Gasteiger partial charge in [0.05, 0.1) is 32.7 Å². The first-order valence-electron chi connectivity index (χ1n) is 9.57. The summed E-state index contributed by atoms with van der Waals surface area (Å²) in [4.78, 5) is 24.4. The van der Waals surface area contributed by atoms with Crippen molar-refractivity contribution < 1.29 is 33.3 Å². The number of ether oxygens (including phenoxy) is 5. The normalized spacial score (nSPS) is 21.0. The molecule has 2 aliphatic rings. The second kappa shape index (κ2) is 8.59. The van der Waals surface area contributed by atoms with Crippen LogP contribution in [0.15, 0.2) is 35.1 Å². The molecule has 156 valence electrons. The van der Waals surface area contributed by atoms with Crippen LogP contribution in [0.2, 0.25) is 0 Å². The van der Waals surface area contributed by atoms with Crippen molar-refractivity contribution in [2.24, 2.45) is 0 Å². The first-order valence-corrected chi connectivity index (χ1v) is 9.57.